The van der Waals surface area contributed by atoms with Crippen LogP contribution in [0.15, 0.2) is 41.6 Å². The predicted octanol–water partition coefficient (Wildman–Crippen LogP) is 5.20. The van der Waals surface area contributed by atoms with Crippen LogP contribution in [0.4, 0.5) is 5.95 Å². The van der Waals surface area contributed by atoms with Crippen LogP contribution in [0, 0.1) is 6.92 Å². The third-order valence-corrected chi connectivity index (χ3v) is 4.75. The third-order valence-electron chi connectivity index (χ3n) is 3.84. The van der Waals surface area contributed by atoms with E-state index in [1.54, 1.807) is 49.9 Å². The number of aryl methyl sites for hydroxylation is 1. The summed E-state index contributed by atoms with van der Waals surface area (Å²) in [4.78, 5) is 4.09. The van der Waals surface area contributed by atoms with E-state index in [1.807, 2.05) is 6.92 Å². The summed E-state index contributed by atoms with van der Waals surface area (Å²) in [6, 6.07) is 8.60. The fourth-order valence-corrected chi connectivity index (χ4v) is 3.10. The molecule has 0 fully saturated rings. The minimum absolute atomic E-state index is 0.237. The molecule has 0 amide bonds. The number of aromatic nitrogens is 2. The first-order valence-corrected chi connectivity index (χ1v) is 9.31. The van der Waals surface area contributed by atoms with E-state index in [9.17, 15) is 0 Å². The molecule has 9 heteroatoms. The smallest absolute Gasteiger partial charge is 0.221 e. The van der Waals surface area contributed by atoms with Gasteiger partial charge in [0.15, 0.2) is 11.5 Å². The lowest BCUT2D eigenvalue weighted by Crippen LogP contribution is -2.00. The summed E-state index contributed by atoms with van der Waals surface area (Å²) in [5.74, 6) is 1.27. The van der Waals surface area contributed by atoms with E-state index in [-0.39, 0.29) is 12.6 Å². The highest BCUT2D eigenvalue weighted by Crippen LogP contribution is 2.34. The number of anilines is 1. The lowest BCUT2D eigenvalue weighted by molar-refractivity contribution is 0.284. The number of rotatable bonds is 6. The standard InChI is InChI=1S/C19H17Cl3N4O2/c1-11-9-26(19(23)25-11)24-8-13-5-17(27-2)18(7-16(13)22)28-10-12-3-4-14(20)6-15(12)21/h3-9H,10H2,1-2H3,(H2,23,25). The monoisotopic (exact) mass is 438 g/mol. The van der Waals surface area contributed by atoms with Crippen molar-refractivity contribution in [3.05, 3.63) is 68.4 Å². The molecule has 3 rings (SSSR count). The molecule has 0 aliphatic heterocycles. The Hall–Kier alpha value is -2.41. The molecule has 0 radical (unpaired) electrons. The molecule has 6 nitrogen and oxygen atoms in total. The molecule has 0 saturated heterocycles. The first-order valence-electron chi connectivity index (χ1n) is 8.17. The summed E-state index contributed by atoms with van der Waals surface area (Å²) in [5, 5.41) is 5.80. The van der Waals surface area contributed by atoms with Crippen molar-refractivity contribution in [2.75, 3.05) is 12.8 Å². The summed E-state index contributed by atoms with van der Waals surface area (Å²) in [7, 11) is 1.55. The Kier molecular flexibility index (Phi) is 6.34. The number of methoxy groups -OCH3 is 1. The lowest BCUT2D eigenvalue weighted by atomic mass is 10.2. The zero-order valence-corrected chi connectivity index (χ0v) is 17.4. The maximum absolute atomic E-state index is 6.38. The summed E-state index contributed by atoms with van der Waals surface area (Å²) in [6.07, 6.45) is 3.28. The Balaban J connectivity index is 1.82. The number of nitrogen functional groups attached to an aromatic ring is 1. The van der Waals surface area contributed by atoms with Gasteiger partial charge >= 0.3 is 0 Å². The first kappa shape index (κ1) is 20.3. The molecule has 0 aliphatic rings. The molecular formula is C19H17Cl3N4O2. The van der Waals surface area contributed by atoms with Gasteiger partial charge in [0.1, 0.15) is 6.61 Å². The maximum atomic E-state index is 6.38. The van der Waals surface area contributed by atoms with Crippen molar-refractivity contribution < 1.29 is 9.47 Å². The number of hydrogen-bond donors (Lipinski definition) is 1. The summed E-state index contributed by atoms with van der Waals surface area (Å²) in [5.41, 5.74) is 7.98. The van der Waals surface area contributed by atoms with E-state index in [4.69, 9.17) is 50.0 Å². The Morgan fingerprint density at radius 1 is 1.14 bits per heavy atom. The zero-order valence-electron chi connectivity index (χ0n) is 15.1. The molecule has 146 valence electrons. The van der Waals surface area contributed by atoms with Crippen molar-refractivity contribution in [2.45, 2.75) is 13.5 Å². The van der Waals surface area contributed by atoms with Gasteiger partial charge in [0.05, 0.1) is 30.2 Å². The number of ether oxygens (including phenoxy) is 2. The number of nitrogens with two attached hydrogens (primary N) is 1. The first-order chi connectivity index (χ1) is 13.4. The Morgan fingerprint density at radius 3 is 2.57 bits per heavy atom. The highest BCUT2D eigenvalue weighted by Gasteiger charge is 2.11. The largest absolute Gasteiger partial charge is 0.493 e. The predicted molar refractivity (Wildman–Crippen MR) is 113 cm³/mol. The fraction of sp³-hybridized carbons (Fsp3) is 0.158. The van der Waals surface area contributed by atoms with Crippen molar-refractivity contribution in [1.29, 1.82) is 0 Å². The minimum atomic E-state index is 0.237. The molecule has 2 N–H and O–H groups in total. The van der Waals surface area contributed by atoms with Crippen LogP contribution in [0.3, 0.4) is 0 Å². The second-order valence-electron chi connectivity index (χ2n) is 5.88. The molecule has 0 aliphatic carbocycles. The van der Waals surface area contributed by atoms with Crippen LogP contribution in [0.1, 0.15) is 16.8 Å². The molecule has 3 aromatic rings. The van der Waals surface area contributed by atoms with E-state index < -0.39 is 0 Å². The van der Waals surface area contributed by atoms with Gasteiger partial charge in [-0.15, -0.1) is 0 Å². The quantitative estimate of drug-likeness (QED) is 0.535. The average Bonchev–Trinajstić information content (AvgIpc) is 2.97. The van der Waals surface area contributed by atoms with Gasteiger partial charge in [0, 0.05) is 27.2 Å². The molecule has 1 aromatic heterocycles. The third kappa shape index (κ3) is 4.70. The molecule has 2 aromatic carbocycles. The van der Waals surface area contributed by atoms with Crippen molar-refractivity contribution in [1.82, 2.24) is 9.66 Å². The molecule has 0 spiro atoms. The topological polar surface area (TPSA) is 74.7 Å². The molecule has 0 saturated carbocycles. The molecule has 28 heavy (non-hydrogen) atoms. The molecule has 1 heterocycles. The van der Waals surface area contributed by atoms with Crippen molar-refractivity contribution in [3.63, 3.8) is 0 Å². The van der Waals surface area contributed by atoms with Crippen LogP contribution in [0.5, 0.6) is 11.5 Å². The average molecular weight is 440 g/mol. The fourth-order valence-electron chi connectivity index (χ4n) is 2.44. The summed E-state index contributed by atoms with van der Waals surface area (Å²) in [6.45, 7) is 2.07. The van der Waals surface area contributed by atoms with Crippen molar-refractivity contribution in [3.8, 4) is 11.5 Å². The van der Waals surface area contributed by atoms with Gasteiger partial charge in [-0.1, -0.05) is 40.9 Å². The van der Waals surface area contributed by atoms with Crippen LogP contribution < -0.4 is 15.2 Å². The Morgan fingerprint density at radius 2 is 1.93 bits per heavy atom. The van der Waals surface area contributed by atoms with E-state index in [0.29, 0.717) is 32.1 Å². The number of halogens is 3. The van der Waals surface area contributed by atoms with Gasteiger partial charge in [-0.3, -0.25) is 0 Å². The van der Waals surface area contributed by atoms with Gasteiger partial charge in [-0.2, -0.15) is 5.10 Å². The highest BCUT2D eigenvalue weighted by atomic mass is 35.5. The maximum Gasteiger partial charge on any atom is 0.221 e. The Labute approximate surface area is 177 Å². The van der Waals surface area contributed by atoms with E-state index in [2.05, 4.69) is 10.1 Å². The molecule has 0 unspecified atom stereocenters. The van der Waals surface area contributed by atoms with Crippen molar-refractivity contribution in [2.24, 2.45) is 5.10 Å². The SMILES string of the molecule is COc1cc(C=Nn2cc(C)nc2N)c(Cl)cc1OCc1ccc(Cl)cc1Cl. The highest BCUT2D eigenvalue weighted by molar-refractivity contribution is 6.35. The van der Waals surface area contributed by atoms with Gasteiger partial charge in [0.2, 0.25) is 5.95 Å². The van der Waals surface area contributed by atoms with Crippen LogP contribution in [0.25, 0.3) is 0 Å². The Bertz CT molecular complexity index is 1030. The summed E-state index contributed by atoms with van der Waals surface area (Å²) < 4.78 is 12.7. The second kappa shape index (κ2) is 8.73. The summed E-state index contributed by atoms with van der Waals surface area (Å²) >= 11 is 18.5. The number of benzene rings is 2. The van der Waals surface area contributed by atoms with Crippen LogP contribution in [-0.2, 0) is 6.61 Å². The number of imidazole rings is 1. The lowest BCUT2D eigenvalue weighted by Gasteiger charge is -2.13. The van der Waals surface area contributed by atoms with E-state index >= 15 is 0 Å². The van der Waals surface area contributed by atoms with E-state index in [1.165, 1.54) is 4.68 Å². The van der Waals surface area contributed by atoms with Crippen molar-refractivity contribution >= 4 is 47.0 Å². The van der Waals surface area contributed by atoms with Gasteiger partial charge < -0.3 is 15.2 Å². The van der Waals surface area contributed by atoms with Crippen LogP contribution in [0.2, 0.25) is 15.1 Å². The number of nitrogens with zero attached hydrogens (tertiary/aromatic N) is 3. The van der Waals surface area contributed by atoms with Crippen LogP contribution in [-0.4, -0.2) is 23.0 Å². The van der Waals surface area contributed by atoms with E-state index in [0.717, 1.165) is 11.3 Å². The molecular weight excluding hydrogens is 423 g/mol. The normalized spacial score (nSPS) is 11.2. The van der Waals surface area contributed by atoms with Gasteiger partial charge in [-0.05, 0) is 25.1 Å². The number of hydrogen-bond acceptors (Lipinski definition) is 5. The van der Waals surface area contributed by atoms with Gasteiger partial charge in [0.25, 0.3) is 0 Å². The van der Waals surface area contributed by atoms with Gasteiger partial charge in [-0.25, -0.2) is 9.66 Å². The zero-order chi connectivity index (χ0) is 20.3. The minimum Gasteiger partial charge on any atom is -0.493 e. The molecule has 0 bridgehead atoms. The molecule has 0 atom stereocenters. The second-order valence-corrected chi connectivity index (χ2v) is 7.13. The van der Waals surface area contributed by atoms with Crippen LogP contribution >= 0.6 is 34.8 Å².